The van der Waals surface area contributed by atoms with Crippen LogP contribution in [0.2, 0.25) is 0 Å². The Labute approximate surface area is 195 Å². The second-order valence-electron chi connectivity index (χ2n) is 8.01. The SMILES string of the molecule is O=C(Nc1ccc(NC(=O)C2CCCO2)cc1)c1ccc(-n2cnc3ccccc3c2=O)cc1. The Bertz CT molecular complexity index is 1410. The van der Waals surface area contributed by atoms with Crippen LogP contribution in [0.15, 0.2) is 83.9 Å². The van der Waals surface area contributed by atoms with Crippen LogP contribution >= 0.6 is 0 Å². The number of ether oxygens (including phenoxy) is 1. The van der Waals surface area contributed by atoms with Crippen LogP contribution in [-0.2, 0) is 9.53 Å². The molecule has 1 aliphatic heterocycles. The van der Waals surface area contributed by atoms with Gasteiger partial charge in [0.1, 0.15) is 12.4 Å². The lowest BCUT2D eigenvalue weighted by atomic mass is 10.1. The van der Waals surface area contributed by atoms with Gasteiger partial charge in [0, 0.05) is 23.5 Å². The van der Waals surface area contributed by atoms with Crippen molar-refractivity contribution in [1.29, 1.82) is 0 Å². The molecule has 8 nitrogen and oxygen atoms in total. The molecule has 0 spiro atoms. The predicted octanol–water partition coefficient (Wildman–Crippen LogP) is 3.76. The third kappa shape index (κ3) is 4.44. The van der Waals surface area contributed by atoms with Crippen LogP contribution in [0.5, 0.6) is 0 Å². The summed E-state index contributed by atoms with van der Waals surface area (Å²) < 4.78 is 6.83. The van der Waals surface area contributed by atoms with Crippen molar-refractivity contribution in [2.75, 3.05) is 17.2 Å². The second-order valence-corrected chi connectivity index (χ2v) is 8.01. The fourth-order valence-electron chi connectivity index (χ4n) is 3.87. The molecule has 1 atom stereocenters. The first kappa shape index (κ1) is 21.5. The minimum absolute atomic E-state index is 0.157. The fraction of sp³-hybridized carbons (Fsp3) is 0.154. The monoisotopic (exact) mass is 454 g/mol. The van der Waals surface area contributed by atoms with Gasteiger partial charge < -0.3 is 15.4 Å². The minimum atomic E-state index is -0.399. The third-order valence-electron chi connectivity index (χ3n) is 5.71. The number of aromatic nitrogens is 2. The number of benzene rings is 3. The van der Waals surface area contributed by atoms with E-state index in [1.165, 1.54) is 10.9 Å². The van der Waals surface area contributed by atoms with E-state index in [1.54, 1.807) is 66.7 Å². The van der Waals surface area contributed by atoms with Crippen LogP contribution in [-0.4, -0.2) is 34.1 Å². The molecule has 1 fully saturated rings. The highest BCUT2D eigenvalue weighted by Gasteiger charge is 2.23. The Morgan fingerprint density at radius 1 is 0.912 bits per heavy atom. The van der Waals surface area contributed by atoms with E-state index in [4.69, 9.17) is 4.74 Å². The van der Waals surface area contributed by atoms with Crippen molar-refractivity contribution in [3.05, 3.63) is 95.0 Å². The molecule has 3 aromatic carbocycles. The maximum Gasteiger partial charge on any atom is 0.265 e. The molecular formula is C26H22N4O4. The Hall–Kier alpha value is -4.30. The van der Waals surface area contributed by atoms with Gasteiger partial charge in [0.2, 0.25) is 0 Å². The van der Waals surface area contributed by atoms with Crippen LogP contribution in [0, 0.1) is 0 Å². The average molecular weight is 454 g/mol. The Morgan fingerprint density at radius 2 is 1.62 bits per heavy atom. The Kier molecular flexibility index (Phi) is 5.88. The summed E-state index contributed by atoms with van der Waals surface area (Å²) in [7, 11) is 0. The van der Waals surface area contributed by atoms with Gasteiger partial charge in [-0.25, -0.2) is 4.98 Å². The summed E-state index contributed by atoms with van der Waals surface area (Å²) in [6.07, 6.45) is 2.70. The van der Waals surface area contributed by atoms with E-state index in [0.29, 0.717) is 40.1 Å². The number of amides is 2. The highest BCUT2D eigenvalue weighted by molar-refractivity contribution is 6.04. The number of carbonyl (C=O) groups is 2. The van der Waals surface area contributed by atoms with Crippen molar-refractivity contribution in [1.82, 2.24) is 9.55 Å². The number of fused-ring (bicyclic) bond motifs is 1. The molecule has 34 heavy (non-hydrogen) atoms. The highest BCUT2D eigenvalue weighted by Crippen LogP contribution is 2.18. The Morgan fingerprint density at radius 3 is 2.32 bits per heavy atom. The summed E-state index contributed by atoms with van der Waals surface area (Å²) in [5.74, 6) is -0.443. The zero-order chi connectivity index (χ0) is 23.5. The topological polar surface area (TPSA) is 102 Å². The van der Waals surface area contributed by atoms with E-state index >= 15 is 0 Å². The van der Waals surface area contributed by atoms with Crippen molar-refractivity contribution in [3.63, 3.8) is 0 Å². The lowest BCUT2D eigenvalue weighted by Crippen LogP contribution is -2.26. The molecule has 0 bridgehead atoms. The summed E-state index contributed by atoms with van der Waals surface area (Å²) in [5.41, 5.74) is 2.76. The molecule has 4 aromatic rings. The highest BCUT2D eigenvalue weighted by atomic mass is 16.5. The standard InChI is InChI=1S/C26H22N4O4/c31-24(28-18-9-11-19(12-10-18)29-25(32)23-6-3-15-34-23)17-7-13-20(14-8-17)30-16-27-22-5-2-1-4-21(22)26(30)33/h1-2,4-5,7-14,16,23H,3,6,15H2,(H,28,31)(H,29,32). The van der Waals surface area contributed by atoms with Gasteiger partial charge in [0.25, 0.3) is 17.4 Å². The maximum absolute atomic E-state index is 12.8. The van der Waals surface area contributed by atoms with E-state index in [1.807, 2.05) is 6.07 Å². The van der Waals surface area contributed by atoms with Gasteiger partial charge in [0.15, 0.2) is 0 Å². The lowest BCUT2D eigenvalue weighted by Gasteiger charge is -2.11. The predicted molar refractivity (Wildman–Crippen MR) is 129 cm³/mol. The van der Waals surface area contributed by atoms with Crippen LogP contribution in [0.1, 0.15) is 23.2 Å². The molecule has 1 saturated heterocycles. The van der Waals surface area contributed by atoms with Crippen LogP contribution in [0.3, 0.4) is 0 Å². The zero-order valence-electron chi connectivity index (χ0n) is 18.2. The molecule has 2 N–H and O–H groups in total. The first-order valence-electron chi connectivity index (χ1n) is 11.0. The first-order valence-corrected chi connectivity index (χ1v) is 11.0. The van der Waals surface area contributed by atoms with Crippen molar-refractivity contribution in [2.45, 2.75) is 18.9 Å². The number of anilines is 2. The number of rotatable bonds is 5. The van der Waals surface area contributed by atoms with E-state index in [-0.39, 0.29) is 17.4 Å². The quantitative estimate of drug-likeness (QED) is 0.478. The minimum Gasteiger partial charge on any atom is -0.368 e. The number of hydrogen-bond acceptors (Lipinski definition) is 5. The summed E-state index contributed by atoms with van der Waals surface area (Å²) in [6.45, 7) is 0.611. The van der Waals surface area contributed by atoms with Crippen molar-refractivity contribution < 1.29 is 14.3 Å². The van der Waals surface area contributed by atoms with Crippen molar-refractivity contribution in [2.24, 2.45) is 0 Å². The molecule has 1 aliphatic rings. The summed E-state index contributed by atoms with van der Waals surface area (Å²) in [6, 6.07) is 20.8. The van der Waals surface area contributed by atoms with Gasteiger partial charge >= 0.3 is 0 Å². The zero-order valence-corrected chi connectivity index (χ0v) is 18.2. The summed E-state index contributed by atoms with van der Waals surface area (Å²) in [4.78, 5) is 41.9. The number of hydrogen-bond donors (Lipinski definition) is 2. The van der Waals surface area contributed by atoms with Gasteiger partial charge in [0.05, 0.1) is 16.6 Å². The van der Waals surface area contributed by atoms with Gasteiger partial charge in [-0.3, -0.25) is 19.0 Å². The molecule has 0 saturated carbocycles. The molecule has 0 radical (unpaired) electrons. The van der Waals surface area contributed by atoms with Gasteiger partial charge in [-0.15, -0.1) is 0 Å². The number of nitrogens with one attached hydrogen (secondary N) is 2. The Balaban J connectivity index is 1.25. The maximum atomic E-state index is 12.8. The van der Waals surface area contributed by atoms with E-state index in [2.05, 4.69) is 15.6 Å². The van der Waals surface area contributed by atoms with E-state index in [9.17, 15) is 14.4 Å². The largest absolute Gasteiger partial charge is 0.368 e. The summed E-state index contributed by atoms with van der Waals surface area (Å²) >= 11 is 0. The molecule has 2 heterocycles. The van der Waals surface area contributed by atoms with Crippen LogP contribution in [0.25, 0.3) is 16.6 Å². The lowest BCUT2D eigenvalue weighted by molar-refractivity contribution is -0.124. The molecule has 2 amide bonds. The fourth-order valence-corrected chi connectivity index (χ4v) is 3.87. The van der Waals surface area contributed by atoms with Crippen molar-refractivity contribution in [3.8, 4) is 5.69 Å². The molecule has 0 aliphatic carbocycles. The van der Waals surface area contributed by atoms with Gasteiger partial charge in [-0.1, -0.05) is 12.1 Å². The average Bonchev–Trinajstić information content (AvgIpc) is 3.41. The first-order chi connectivity index (χ1) is 16.6. The van der Waals surface area contributed by atoms with E-state index < -0.39 is 6.10 Å². The van der Waals surface area contributed by atoms with Crippen LogP contribution in [0.4, 0.5) is 11.4 Å². The molecule has 170 valence electrons. The van der Waals surface area contributed by atoms with Crippen LogP contribution < -0.4 is 16.2 Å². The van der Waals surface area contributed by atoms with Gasteiger partial charge in [-0.05, 0) is 73.5 Å². The van der Waals surface area contributed by atoms with E-state index in [0.717, 1.165) is 12.8 Å². The molecular weight excluding hydrogens is 432 g/mol. The molecule has 8 heteroatoms. The number of para-hydroxylation sites is 1. The smallest absolute Gasteiger partial charge is 0.265 e. The molecule has 1 unspecified atom stereocenters. The molecule has 5 rings (SSSR count). The normalized spacial score (nSPS) is 15.2. The number of nitrogens with zero attached hydrogens (tertiary/aromatic N) is 2. The number of carbonyl (C=O) groups excluding carboxylic acids is 2. The summed E-state index contributed by atoms with van der Waals surface area (Å²) in [5, 5.41) is 6.19. The molecule has 1 aromatic heterocycles. The second kappa shape index (κ2) is 9.29. The third-order valence-corrected chi connectivity index (χ3v) is 5.71. The van der Waals surface area contributed by atoms with Gasteiger partial charge in [-0.2, -0.15) is 0 Å². The van der Waals surface area contributed by atoms with Crippen molar-refractivity contribution >= 4 is 34.1 Å².